The van der Waals surface area contributed by atoms with E-state index in [0.29, 0.717) is 5.41 Å². The number of hydrogen-bond acceptors (Lipinski definition) is 2. The molecule has 2 nitrogen and oxygen atoms in total. The quantitative estimate of drug-likeness (QED) is 0.180. The van der Waals surface area contributed by atoms with Gasteiger partial charge in [0, 0.05) is 39.3 Å². The van der Waals surface area contributed by atoms with Crippen LogP contribution in [0.5, 0.6) is 0 Å². The molecule has 5 fully saturated rings. The topological polar surface area (TPSA) is 6.48 Å². The van der Waals surface area contributed by atoms with Gasteiger partial charge in [-0.25, -0.2) is 0 Å². The molecule has 4 bridgehead atoms. The van der Waals surface area contributed by atoms with E-state index >= 15 is 0 Å². The maximum absolute atomic E-state index is 3.00. The minimum atomic E-state index is -0.0665. The van der Waals surface area contributed by atoms with Crippen LogP contribution in [0, 0.1) is 17.8 Å². The number of benzene rings is 4. The van der Waals surface area contributed by atoms with Crippen molar-refractivity contribution in [2.75, 3.05) is 9.80 Å². The van der Waals surface area contributed by atoms with Crippen molar-refractivity contribution in [1.29, 1.82) is 0 Å². The van der Waals surface area contributed by atoms with Crippen LogP contribution in [0.4, 0.5) is 28.4 Å². The van der Waals surface area contributed by atoms with Gasteiger partial charge in [-0.15, -0.1) is 0 Å². The van der Waals surface area contributed by atoms with Gasteiger partial charge in [0.15, 0.2) is 0 Å². The Kier molecular flexibility index (Phi) is 4.82. The number of para-hydroxylation sites is 1. The Morgan fingerprint density at radius 1 is 0.625 bits per heavy atom. The average molecular weight is 627 g/mol. The summed E-state index contributed by atoms with van der Waals surface area (Å²) in [6, 6.07) is 28.9. The predicted octanol–water partition coefficient (Wildman–Crippen LogP) is 9.15. The monoisotopic (exact) mass is 626 g/mol. The van der Waals surface area contributed by atoms with Crippen LogP contribution >= 0.6 is 0 Å². The van der Waals surface area contributed by atoms with Crippen molar-refractivity contribution >= 4 is 51.5 Å². The second-order valence-electron chi connectivity index (χ2n) is 18.6. The first kappa shape index (κ1) is 27.4. The summed E-state index contributed by atoms with van der Waals surface area (Å²) in [7, 11) is 0. The molecule has 48 heavy (non-hydrogen) atoms. The highest BCUT2D eigenvalue weighted by Gasteiger charge is 2.65. The molecule has 5 aliphatic carbocycles. The molecule has 0 spiro atoms. The van der Waals surface area contributed by atoms with Crippen LogP contribution in [0.3, 0.4) is 0 Å². The molecule has 4 aromatic carbocycles. The summed E-state index contributed by atoms with van der Waals surface area (Å²) in [6.45, 7) is 10.7. The van der Waals surface area contributed by atoms with Crippen LogP contribution in [0.2, 0.25) is 0 Å². The van der Waals surface area contributed by atoms with E-state index in [1.54, 1.807) is 38.8 Å². The van der Waals surface area contributed by atoms with Gasteiger partial charge in [0.05, 0.1) is 5.54 Å². The highest BCUT2D eigenvalue weighted by Crippen LogP contribution is 2.68. The largest absolute Gasteiger partial charge is 0.335 e. The molecule has 240 valence electrons. The first-order valence-electron chi connectivity index (χ1n) is 19.4. The SMILES string of the molecule is CC1(C)c2cccc3c2B2c4c(cccc41)N1c4c2c(cc(C25CC6CC(CC(C6)C2)C5)c4C2(C)CCCCC12C)N3c1ccccc1. The number of anilines is 5. The van der Waals surface area contributed by atoms with E-state index in [2.05, 4.69) is 110 Å². The van der Waals surface area contributed by atoms with Crippen LogP contribution < -0.4 is 26.2 Å². The molecule has 3 heteroatoms. The lowest BCUT2D eigenvalue weighted by molar-refractivity contribution is -0.00626. The van der Waals surface area contributed by atoms with Gasteiger partial charge in [-0.3, -0.25) is 0 Å². The zero-order valence-corrected chi connectivity index (χ0v) is 29.2. The van der Waals surface area contributed by atoms with E-state index in [-0.39, 0.29) is 23.1 Å². The second-order valence-corrected chi connectivity index (χ2v) is 18.6. The molecule has 0 amide bonds. The Bertz CT molecular complexity index is 2080. The summed E-state index contributed by atoms with van der Waals surface area (Å²) in [5.74, 6) is 2.78. The lowest BCUT2D eigenvalue weighted by atomic mass is 9.28. The summed E-state index contributed by atoms with van der Waals surface area (Å²) in [5.41, 5.74) is 19.2. The standard InChI is InChI=1S/C45H47BN2/c1-42(2)31-14-10-16-34-38(31)46-39-32(42)15-11-17-35(39)48-41-37(43(3)18-8-9-19-44(43,48)4)33(45-24-27-20-28(25-45)22-29(21-27)26-45)23-36(40(41)46)47(34)30-12-6-5-7-13-30/h5-7,10-17,23,27-29H,8-9,18-22,24-26H2,1-4H3. The molecule has 4 aliphatic heterocycles. The minimum Gasteiger partial charge on any atom is -0.335 e. The van der Waals surface area contributed by atoms with Gasteiger partial charge in [-0.2, -0.15) is 0 Å². The Hall–Kier alpha value is -3.46. The van der Waals surface area contributed by atoms with Gasteiger partial charge >= 0.3 is 0 Å². The molecule has 0 aromatic heterocycles. The Morgan fingerprint density at radius 3 is 1.94 bits per heavy atom. The summed E-state index contributed by atoms with van der Waals surface area (Å²) < 4.78 is 0. The van der Waals surface area contributed by atoms with Crippen LogP contribution in [0.1, 0.15) is 114 Å². The van der Waals surface area contributed by atoms with Crippen molar-refractivity contribution in [3.63, 3.8) is 0 Å². The van der Waals surface area contributed by atoms with E-state index in [9.17, 15) is 0 Å². The Labute approximate surface area is 287 Å². The molecule has 9 aliphatic rings. The highest BCUT2D eigenvalue weighted by molar-refractivity contribution is 7.01. The van der Waals surface area contributed by atoms with Crippen molar-refractivity contribution < 1.29 is 0 Å². The third-order valence-electron chi connectivity index (χ3n) is 16.1. The van der Waals surface area contributed by atoms with E-state index in [1.807, 2.05) is 0 Å². The third-order valence-corrected chi connectivity index (χ3v) is 16.1. The van der Waals surface area contributed by atoms with Crippen LogP contribution in [0.25, 0.3) is 0 Å². The molecular formula is C45H47BN2. The molecule has 0 N–H and O–H groups in total. The maximum atomic E-state index is 3.00. The predicted molar refractivity (Wildman–Crippen MR) is 201 cm³/mol. The lowest BCUT2D eigenvalue weighted by Crippen LogP contribution is -2.68. The van der Waals surface area contributed by atoms with Gasteiger partial charge in [0.25, 0.3) is 6.71 Å². The zero-order valence-electron chi connectivity index (χ0n) is 29.2. The minimum absolute atomic E-state index is 0.0665. The Morgan fingerprint density at radius 2 is 1.25 bits per heavy atom. The van der Waals surface area contributed by atoms with Crippen molar-refractivity contribution in [3.05, 3.63) is 95.1 Å². The van der Waals surface area contributed by atoms with Gasteiger partial charge < -0.3 is 9.80 Å². The number of fused-ring (bicyclic) bond motifs is 4. The summed E-state index contributed by atoms with van der Waals surface area (Å²) >= 11 is 0. The van der Waals surface area contributed by atoms with Crippen molar-refractivity contribution in [2.24, 2.45) is 17.8 Å². The molecule has 5 saturated carbocycles. The highest BCUT2D eigenvalue weighted by atomic mass is 15.3. The maximum Gasteiger partial charge on any atom is 0.252 e. The Balaban J connectivity index is 1.27. The van der Waals surface area contributed by atoms with E-state index < -0.39 is 0 Å². The molecule has 2 atom stereocenters. The average Bonchev–Trinajstić information content (AvgIpc) is 3.30. The van der Waals surface area contributed by atoms with Crippen LogP contribution in [-0.2, 0) is 16.2 Å². The fourth-order valence-electron chi connectivity index (χ4n) is 14.4. The first-order chi connectivity index (χ1) is 23.2. The molecule has 2 unspecified atom stereocenters. The molecule has 4 heterocycles. The fraction of sp³-hybridized carbons (Fsp3) is 0.467. The van der Waals surface area contributed by atoms with Crippen LogP contribution in [0.15, 0.2) is 72.8 Å². The van der Waals surface area contributed by atoms with E-state index in [0.717, 1.165) is 17.8 Å². The number of rotatable bonds is 2. The molecule has 4 aromatic rings. The van der Waals surface area contributed by atoms with Crippen molar-refractivity contribution in [2.45, 2.75) is 114 Å². The third kappa shape index (κ3) is 2.88. The van der Waals surface area contributed by atoms with Gasteiger partial charge in [0.2, 0.25) is 0 Å². The molecular weight excluding hydrogens is 579 g/mol. The van der Waals surface area contributed by atoms with Gasteiger partial charge in [-0.1, -0.05) is 76.1 Å². The summed E-state index contributed by atoms with van der Waals surface area (Å²) in [6.07, 6.45) is 14.0. The van der Waals surface area contributed by atoms with Gasteiger partial charge in [0.1, 0.15) is 0 Å². The normalized spacial score (nSPS) is 34.8. The summed E-state index contributed by atoms with van der Waals surface area (Å²) in [5, 5.41) is 0. The fourth-order valence-corrected chi connectivity index (χ4v) is 14.4. The van der Waals surface area contributed by atoms with E-state index in [1.165, 1.54) is 92.5 Å². The van der Waals surface area contributed by atoms with E-state index in [4.69, 9.17) is 0 Å². The molecule has 0 radical (unpaired) electrons. The first-order valence-corrected chi connectivity index (χ1v) is 19.4. The number of nitrogens with zero attached hydrogens (tertiary/aromatic N) is 2. The van der Waals surface area contributed by atoms with Crippen molar-refractivity contribution in [3.8, 4) is 0 Å². The summed E-state index contributed by atoms with van der Waals surface area (Å²) in [4.78, 5) is 5.71. The number of hydrogen-bond donors (Lipinski definition) is 0. The van der Waals surface area contributed by atoms with Crippen molar-refractivity contribution in [1.82, 2.24) is 0 Å². The van der Waals surface area contributed by atoms with Gasteiger partial charge in [-0.05, 0) is 150 Å². The molecule has 13 rings (SSSR count). The second kappa shape index (κ2) is 8.46. The zero-order chi connectivity index (χ0) is 31.9. The lowest BCUT2D eigenvalue weighted by Gasteiger charge is -2.58. The van der Waals surface area contributed by atoms with Crippen LogP contribution in [-0.4, -0.2) is 12.3 Å². The smallest absolute Gasteiger partial charge is 0.252 e. The molecule has 0 saturated heterocycles.